The van der Waals surface area contributed by atoms with Gasteiger partial charge in [-0.2, -0.15) is 4.39 Å². The Bertz CT molecular complexity index is 968. The number of amidine groups is 1. The number of benzene rings is 1. The highest BCUT2D eigenvalue weighted by Gasteiger charge is 2.46. The lowest BCUT2D eigenvalue weighted by Gasteiger charge is -2.32. The number of hydrogen-bond acceptors (Lipinski definition) is 4. The van der Waals surface area contributed by atoms with Gasteiger partial charge in [0.25, 0.3) is 5.91 Å². The lowest BCUT2D eigenvalue weighted by Crippen LogP contribution is -2.42. The minimum Gasteiger partial charge on any atom is -0.303 e. The third-order valence-electron chi connectivity index (χ3n) is 6.84. The second-order valence-corrected chi connectivity index (χ2v) is 8.72. The van der Waals surface area contributed by atoms with Crippen LogP contribution in [0, 0.1) is 11.8 Å². The molecule has 5 nitrogen and oxygen atoms in total. The molecule has 1 aromatic carbocycles. The summed E-state index contributed by atoms with van der Waals surface area (Å²) in [5.41, 5.74) is 0.905. The Morgan fingerprint density at radius 1 is 1.06 bits per heavy atom. The van der Waals surface area contributed by atoms with Crippen molar-refractivity contribution in [1.29, 1.82) is 0 Å². The van der Waals surface area contributed by atoms with Crippen molar-refractivity contribution in [2.75, 3.05) is 26.2 Å². The minimum atomic E-state index is -0.945. The normalized spacial score (nSPS) is 22.4. The largest absolute Gasteiger partial charge is 0.303 e. The first-order valence-corrected chi connectivity index (χ1v) is 11.4. The summed E-state index contributed by atoms with van der Waals surface area (Å²) in [5, 5.41) is 0. The fourth-order valence-electron chi connectivity index (χ4n) is 4.94. The minimum absolute atomic E-state index is 0.0216. The van der Waals surface area contributed by atoms with Gasteiger partial charge < -0.3 is 4.90 Å². The van der Waals surface area contributed by atoms with Gasteiger partial charge in [0, 0.05) is 12.7 Å². The summed E-state index contributed by atoms with van der Waals surface area (Å²) in [4.78, 5) is 26.1. The van der Waals surface area contributed by atoms with Crippen molar-refractivity contribution in [2.45, 2.75) is 51.0 Å². The number of hydrogen-bond donors (Lipinski definition) is 0. The van der Waals surface area contributed by atoms with Gasteiger partial charge in [0.05, 0.1) is 0 Å². The van der Waals surface area contributed by atoms with E-state index in [0.29, 0.717) is 18.9 Å². The Balaban J connectivity index is 1.30. The molecular formula is C25H30F2N4O. The predicted molar refractivity (Wildman–Crippen MR) is 120 cm³/mol. The average Bonchev–Trinajstić information content (AvgIpc) is 3.06. The van der Waals surface area contributed by atoms with Gasteiger partial charge in [-0.05, 0) is 87.5 Å². The molecule has 2 aromatic rings. The number of halogens is 2. The standard InChI is InChI=1S/C25H30F2N4O/c1-3-25(21-6-8-22(26)9-7-21)24(32)31(18(2)29-25)14-4-13-30-15-11-19(12-16-30)20-5-10-23(27)28-17-20/h5-10,17,19H,3-4,11-16H2,1-2H3. The van der Waals surface area contributed by atoms with Crippen LogP contribution in [0.5, 0.6) is 0 Å². The van der Waals surface area contributed by atoms with E-state index in [9.17, 15) is 13.6 Å². The molecule has 0 N–H and O–H groups in total. The summed E-state index contributed by atoms with van der Waals surface area (Å²) in [6, 6.07) is 9.37. The molecule has 0 saturated carbocycles. The molecule has 4 rings (SSSR count). The Labute approximate surface area is 188 Å². The van der Waals surface area contributed by atoms with Crippen molar-refractivity contribution < 1.29 is 13.6 Å². The van der Waals surface area contributed by atoms with Gasteiger partial charge in [0.15, 0.2) is 5.54 Å². The first-order chi connectivity index (χ1) is 15.4. The summed E-state index contributed by atoms with van der Waals surface area (Å²) >= 11 is 0. The van der Waals surface area contributed by atoms with Crippen LogP contribution in [-0.2, 0) is 10.3 Å². The van der Waals surface area contributed by atoms with E-state index in [0.717, 1.165) is 55.9 Å². The fourth-order valence-corrected chi connectivity index (χ4v) is 4.94. The van der Waals surface area contributed by atoms with Gasteiger partial charge in [-0.25, -0.2) is 9.37 Å². The van der Waals surface area contributed by atoms with Crippen LogP contribution in [-0.4, -0.2) is 52.7 Å². The first kappa shape index (κ1) is 22.5. The lowest BCUT2D eigenvalue weighted by atomic mass is 9.87. The first-order valence-electron chi connectivity index (χ1n) is 11.4. The SMILES string of the molecule is CCC1(c2ccc(F)cc2)N=C(C)N(CCCN2CCC(c3ccc(F)nc3)CC2)C1=O. The molecule has 1 fully saturated rings. The molecule has 3 heterocycles. The molecule has 0 radical (unpaired) electrons. The number of pyridine rings is 1. The van der Waals surface area contributed by atoms with Crippen LogP contribution in [0.2, 0.25) is 0 Å². The van der Waals surface area contributed by atoms with Gasteiger partial charge in [0.1, 0.15) is 11.7 Å². The zero-order chi connectivity index (χ0) is 22.7. The highest BCUT2D eigenvalue weighted by molar-refractivity contribution is 6.07. The Kier molecular flexibility index (Phi) is 6.65. The molecule has 2 aliphatic rings. The van der Waals surface area contributed by atoms with Crippen molar-refractivity contribution in [2.24, 2.45) is 4.99 Å². The van der Waals surface area contributed by atoms with Gasteiger partial charge in [-0.15, -0.1) is 0 Å². The van der Waals surface area contributed by atoms with Crippen LogP contribution in [0.1, 0.15) is 56.6 Å². The highest BCUT2D eigenvalue weighted by Crippen LogP contribution is 2.37. The number of amides is 1. The van der Waals surface area contributed by atoms with E-state index in [1.165, 1.54) is 18.2 Å². The quantitative estimate of drug-likeness (QED) is 0.596. The predicted octanol–water partition coefficient (Wildman–Crippen LogP) is 4.50. The van der Waals surface area contributed by atoms with Crippen LogP contribution in [0.25, 0.3) is 0 Å². The molecule has 32 heavy (non-hydrogen) atoms. The smallest absolute Gasteiger partial charge is 0.260 e. The van der Waals surface area contributed by atoms with Crippen molar-refractivity contribution >= 4 is 11.7 Å². The van der Waals surface area contributed by atoms with E-state index >= 15 is 0 Å². The zero-order valence-electron chi connectivity index (χ0n) is 18.7. The Hall–Kier alpha value is -2.67. The van der Waals surface area contributed by atoms with E-state index in [1.807, 2.05) is 19.9 Å². The number of carbonyl (C=O) groups excluding carboxylic acids is 1. The highest BCUT2D eigenvalue weighted by atomic mass is 19.1. The number of aliphatic imine (C=N–C) groups is 1. The zero-order valence-corrected chi connectivity index (χ0v) is 18.7. The molecule has 0 bridgehead atoms. The maximum absolute atomic E-state index is 13.4. The summed E-state index contributed by atoms with van der Waals surface area (Å²) in [7, 11) is 0. The third kappa shape index (κ3) is 4.44. The van der Waals surface area contributed by atoms with Crippen molar-refractivity contribution in [3.05, 3.63) is 65.5 Å². The van der Waals surface area contributed by atoms with Gasteiger partial charge >= 0.3 is 0 Å². The molecule has 0 aliphatic carbocycles. The van der Waals surface area contributed by atoms with Gasteiger partial charge in [-0.3, -0.25) is 14.7 Å². The second kappa shape index (κ2) is 9.45. The molecule has 170 valence electrons. The summed E-state index contributed by atoms with van der Waals surface area (Å²) in [5.74, 6) is 0.376. The maximum Gasteiger partial charge on any atom is 0.260 e. The second-order valence-electron chi connectivity index (χ2n) is 8.72. The van der Waals surface area contributed by atoms with Crippen molar-refractivity contribution in [3.8, 4) is 0 Å². The number of likely N-dealkylation sites (tertiary alicyclic amines) is 1. The molecule has 1 amide bonds. The van der Waals surface area contributed by atoms with Crippen molar-refractivity contribution in [3.63, 3.8) is 0 Å². The summed E-state index contributed by atoms with van der Waals surface area (Å²) in [6.45, 7) is 7.33. The van der Waals surface area contributed by atoms with E-state index in [-0.39, 0.29) is 11.7 Å². The lowest BCUT2D eigenvalue weighted by molar-refractivity contribution is -0.131. The van der Waals surface area contributed by atoms with Crippen LogP contribution < -0.4 is 0 Å². The van der Waals surface area contributed by atoms with E-state index in [2.05, 4.69) is 9.88 Å². The monoisotopic (exact) mass is 440 g/mol. The number of carbonyl (C=O) groups is 1. The van der Waals surface area contributed by atoms with E-state index in [1.54, 1.807) is 23.2 Å². The number of aromatic nitrogens is 1. The van der Waals surface area contributed by atoms with Gasteiger partial charge in [0.2, 0.25) is 5.95 Å². The molecule has 2 aliphatic heterocycles. The molecule has 1 aromatic heterocycles. The number of piperidine rings is 1. The molecule has 0 spiro atoms. The molecular weight excluding hydrogens is 410 g/mol. The molecule has 1 unspecified atom stereocenters. The third-order valence-corrected chi connectivity index (χ3v) is 6.84. The number of nitrogens with zero attached hydrogens (tertiary/aromatic N) is 4. The topological polar surface area (TPSA) is 48.8 Å². The average molecular weight is 441 g/mol. The molecule has 1 atom stereocenters. The van der Waals surface area contributed by atoms with E-state index in [4.69, 9.17) is 4.99 Å². The number of rotatable bonds is 7. The molecule has 1 saturated heterocycles. The Morgan fingerprint density at radius 2 is 1.78 bits per heavy atom. The summed E-state index contributed by atoms with van der Waals surface area (Å²) < 4.78 is 26.4. The van der Waals surface area contributed by atoms with Gasteiger partial charge in [-0.1, -0.05) is 25.1 Å². The fraction of sp³-hybridized carbons (Fsp3) is 0.480. The maximum atomic E-state index is 13.4. The summed E-state index contributed by atoms with van der Waals surface area (Å²) in [6.07, 6.45) is 5.11. The van der Waals surface area contributed by atoms with Crippen LogP contribution in [0.15, 0.2) is 47.6 Å². The van der Waals surface area contributed by atoms with Crippen LogP contribution in [0.4, 0.5) is 8.78 Å². The van der Waals surface area contributed by atoms with E-state index < -0.39 is 11.5 Å². The van der Waals surface area contributed by atoms with Crippen molar-refractivity contribution in [1.82, 2.24) is 14.8 Å². The molecule has 7 heteroatoms. The van der Waals surface area contributed by atoms with Crippen LogP contribution >= 0.6 is 0 Å². The Morgan fingerprint density at radius 3 is 2.41 bits per heavy atom. The van der Waals surface area contributed by atoms with Crippen LogP contribution in [0.3, 0.4) is 0 Å².